The first-order valence-electron chi connectivity index (χ1n) is 3.57. The number of nitrogens with zero attached hydrogens (tertiary/aromatic N) is 2. The molecule has 5 nitrogen and oxygen atoms in total. The van der Waals surface area contributed by atoms with Crippen LogP contribution in [-0.2, 0) is 0 Å². The first kappa shape index (κ1) is 9.00. The van der Waals surface area contributed by atoms with Gasteiger partial charge >= 0.3 is 0 Å². The molecular weight excluding hydrogens is 214 g/mol. The van der Waals surface area contributed by atoms with Crippen molar-refractivity contribution in [3.05, 3.63) is 27.0 Å². The lowest BCUT2D eigenvalue weighted by molar-refractivity contribution is 0.146. The second kappa shape index (κ2) is 2.98. The average Bonchev–Trinajstić information content (AvgIpc) is 2.47. The van der Waals surface area contributed by atoms with Gasteiger partial charge in [-0.15, -0.1) is 0 Å². The van der Waals surface area contributed by atoms with E-state index in [1.54, 1.807) is 0 Å². The zero-order valence-corrected chi connectivity index (χ0v) is 7.44. The van der Waals surface area contributed by atoms with Gasteiger partial charge < -0.3 is 0 Å². The second-order valence-corrected chi connectivity index (χ2v) is 2.96. The van der Waals surface area contributed by atoms with Gasteiger partial charge in [-0.2, -0.15) is 0 Å². The maximum Gasteiger partial charge on any atom is 0.295 e. The van der Waals surface area contributed by atoms with Crippen molar-refractivity contribution in [2.45, 2.75) is 6.43 Å². The molecule has 0 saturated heterocycles. The van der Waals surface area contributed by atoms with Gasteiger partial charge in [0.1, 0.15) is 5.69 Å². The van der Waals surface area contributed by atoms with E-state index in [1.807, 2.05) is 0 Å². The van der Waals surface area contributed by atoms with E-state index in [1.165, 1.54) is 0 Å². The first-order chi connectivity index (χ1) is 6.58. The van der Waals surface area contributed by atoms with Crippen molar-refractivity contribution >= 4 is 17.9 Å². The number of halogens is 2. The monoisotopic (exact) mass is 218 g/mol. The van der Waals surface area contributed by atoms with Gasteiger partial charge in [-0.1, -0.05) is 0 Å². The van der Waals surface area contributed by atoms with Crippen LogP contribution in [0.15, 0.2) is 11.0 Å². The number of imidazole rings is 1. The summed E-state index contributed by atoms with van der Waals surface area (Å²) in [6.45, 7) is 0. The van der Waals surface area contributed by atoms with Crippen molar-refractivity contribution in [1.29, 1.82) is 0 Å². The van der Waals surface area contributed by atoms with E-state index >= 15 is 0 Å². The predicted molar refractivity (Wildman–Crippen MR) is 46.0 cm³/mol. The van der Waals surface area contributed by atoms with Crippen molar-refractivity contribution in [3.63, 3.8) is 0 Å². The second-order valence-electron chi connectivity index (χ2n) is 2.56. The van der Waals surface area contributed by atoms with Crippen LogP contribution in [0.4, 0.5) is 8.78 Å². The van der Waals surface area contributed by atoms with Gasteiger partial charge in [0.2, 0.25) is 5.65 Å². The number of fused-ring (bicyclic) bond motifs is 1. The van der Waals surface area contributed by atoms with E-state index in [2.05, 4.69) is 27.3 Å². The first-order valence-corrected chi connectivity index (χ1v) is 3.98. The summed E-state index contributed by atoms with van der Waals surface area (Å²) < 4.78 is 25.5. The largest absolute Gasteiger partial charge is 0.295 e. The molecule has 0 radical (unpaired) electrons. The van der Waals surface area contributed by atoms with Gasteiger partial charge in [0.05, 0.1) is 6.20 Å². The van der Waals surface area contributed by atoms with E-state index in [4.69, 9.17) is 0 Å². The molecule has 2 N–H and O–H groups in total. The van der Waals surface area contributed by atoms with Crippen LogP contribution in [0.5, 0.6) is 0 Å². The van der Waals surface area contributed by atoms with E-state index in [-0.39, 0.29) is 10.4 Å². The van der Waals surface area contributed by atoms with Crippen molar-refractivity contribution in [2.75, 3.05) is 0 Å². The Morgan fingerprint density at radius 1 is 1.57 bits per heavy atom. The molecule has 0 aliphatic rings. The molecule has 2 heterocycles. The number of rotatable bonds is 1. The number of nitrogens with one attached hydrogen (secondary N) is 2. The molecule has 0 atom stereocenters. The van der Waals surface area contributed by atoms with Crippen LogP contribution in [0.3, 0.4) is 0 Å². The Labute approximate surface area is 80.4 Å². The third kappa shape index (κ3) is 1.33. The number of aromatic nitrogens is 4. The quantitative estimate of drug-likeness (QED) is 0.702. The molecule has 14 heavy (non-hydrogen) atoms. The van der Waals surface area contributed by atoms with Gasteiger partial charge in [0, 0.05) is 0 Å². The third-order valence-corrected chi connectivity index (χ3v) is 1.79. The Morgan fingerprint density at radius 2 is 2.29 bits per heavy atom. The maximum absolute atomic E-state index is 12.2. The minimum absolute atomic E-state index is 0.0562. The summed E-state index contributed by atoms with van der Waals surface area (Å²) in [7, 11) is 0. The van der Waals surface area contributed by atoms with Crippen LogP contribution in [0, 0.1) is 4.77 Å². The number of hydrogen-bond acceptors (Lipinski definition) is 3. The standard InChI is InChI=1S/C6H4F2N4OS/c7-3(8)2-1-12-4(9-2)5(13)10-6(14)11-12/h1,3H,(H2,10,11,13,14). The highest BCUT2D eigenvalue weighted by atomic mass is 32.1. The van der Waals surface area contributed by atoms with Crippen LogP contribution >= 0.6 is 12.2 Å². The molecule has 0 bridgehead atoms. The predicted octanol–water partition coefficient (Wildman–Crippen LogP) is 1.02. The normalized spacial score (nSPS) is 11.4. The molecule has 0 aliphatic heterocycles. The SMILES string of the molecule is O=c1[nH]c(=S)[nH]n2cc(C(F)F)nc12. The molecule has 0 saturated carbocycles. The average molecular weight is 218 g/mol. The molecular formula is C6H4F2N4OS. The number of alkyl halides is 2. The van der Waals surface area contributed by atoms with Crippen LogP contribution in [0.1, 0.15) is 12.1 Å². The summed E-state index contributed by atoms with van der Waals surface area (Å²) in [5.41, 5.74) is -1.19. The van der Waals surface area contributed by atoms with Gasteiger partial charge in [0.25, 0.3) is 12.0 Å². The fourth-order valence-electron chi connectivity index (χ4n) is 1.05. The molecule has 2 aromatic heterocycles. The smallest absolute Gasteiger partial charge is 0.295 e. The van der Waals surface area contributed by atoms with Gasteiger partial charge in [-0.25, -0.2) is 18.3 Å². The number of H-pyrrole nitrogens is 2. The van der Waals surface area contributed by atoms with E-state index in [9.17, 15) is 13.6 Å². The number of aromatic amines is 2. The zero-order chi connectivity index (χ0) is 10.3. The van der Waals surface area contributed by atoms with Gasteiger partial charge in [-0.05, 0) is 12.2 Å². The summed E-state index contributed by atoms with van der Waals surface area (Å²) in [5, 5.41) is 2.49. The Balaban J connectivity index is 2.84. The van der Waals surface area contributed by atoms with Crippen LogP contribution < -0.4 is 5.56 Å². The highest BCUT2D eigenvalue weighted by Gasteiger charge is 2.13. The van der Waals surface area contributed by atoms with Crippen molar-refractivity contribution < 1.29 is 8.78 Å². The van der Waals surface area contributed by atoms with Crippen molar-refractivity contribution in [2.24, 2.45) is 0 Å². The lowest BCUT2D eigenvalue weighted by Crippen LogP contribution is -2.12. The Kier molecular flexibility index (Phi) is 1.92. The lowest BCUT2D eigenvalue weighted by atomic mass is 10.5. The minimum Gasteiger partial charge on any atom is -0.295 e. The van der Waals surface area contributed by atoms with Crippen LogP contribution in [-0.4, -0.2) is 19.6 Å². The molecule has 0 amide bonds. The third-order valence-electron chi connectivity index (χ3n) is 1.60. The summed E-state index contributed by atoms with van der Waals surface area (Å²) in [5.74, 6) is 0. The number of hydrogen-bond donors (Lipinski definition) is 2. The zero-order valence-electron chi connectivity index (χ0n) is 6.62. The minimum atomic E-state index is -2.71. The topological polar surface area (TPSA) is 66.0 Å². The fraction of sp³-hybridized carbons (Fsp3) is 0.167. The van der Waals surface area contributed by atoms with E-state index in [0.29, 0.717) is 0 Å². The van der Waals surface area contributed by atoms with Crippen molar-refractivity contribution in [3.8, 4) is 0 Å². The maximum atomic E-state index is 12.2. The van der Waals surface area contributed by atoms with Crippen molar-refractivity contribution in [1.82, 2.24) is 19.6 Å². The van der Waals surface area contributed by atoms with Crippen LogP contribution in [0.25, 0.3) is 5.65 Å². The molecule has 0 aliphatic carbocycles. The summed E-state index contributed by atoms with van der Waals surface area (Å²) in [4.78, 5) is 16.9. The van der Waals surface area contributed by atoms with Gasteiger partial charge in [0.15, 0.2) is 4.77 Å². The lowest BCUT2D eigenvalue weighted by Gasteiger charge is -1.90. The molecule has 0 unspecified atom stereocenters. The van der Waals surface area contributed by atoms with Crippen LogP contribution in [0.2, 0.25) is 0 Å². The Morgan fingerprint density at radius 3 is 2.93 bits per heavy atom. The molecule has 74 valence electrons. The molecule has 0 fully saturated rings. The summed E-state index contributed by atoms with van der Waals surface area (Å²) >= 11 is 4.65. The fourth-order valence-corrected chi connectivity index (χ4v) is 1.24. The van der Waals surface area contributed by atoms with Gasteiger partial charge in [-0.3, -0.25) is 14.9 Å². The van der Waals surface area contributed by atoms with E-state index in [0.717, 1.165) is 10.7 Å². The Hall–Kier alpha value is -1.57. The Bertz CT molecular complexity index is 583. The molecule has 0 spiro atoms. The summed E-state index contributed by atoms with van der Waals surface area (Å²) in [6, 6.07) is 0. The molecule has 2 aromatic rings. The van der Waals surface area contributed by atoms with E-state index < -0.39 is 17.7 Å². The highest BCUT2D eigenvalue weighted by molar-refractivity contribution is 7.71. The highest BCUT2D eigenvalue weighted by Crippen LogP contribution is 2.15. The molecule has 8 heteroatoms. The summed E-state index contributed by atoms with van der Waals surface area (Å²) in [6.07, 6.45) is -1.68. The molecule has 2 rings (SSSR count). The molecule has 0 aromatic carbocycles.